The fourth-order valence-corrected chi connectivity index (χ4v) is 2.52. The van der Waals surface area contributed by atoms with Crippen LogP contribution in [-0.2, 0) is 11.0 Å². The molecule has 3 nitrogen and oxygen atoms in total. The van der Waals surface area contributed by atoms with E-state index in [4.69, 9.17) is 4.74 Å². The first-order valence-corrected chi connectivity index (χ1v) is 7.96. The summed E-state index contributed by atoms with van der Waals surface area (Å²) in [6, 6.07) is 17.6. The molecule has 0 bridgehead atoms. The lowest BCUT2D eigenvalue weighted by Gasteiger charge is -2.16. The van der Waals surface area contributed by atoms with Crippen LogP contribution in [0.4, 0.5) is 18.9 Å². The predicted octanol–water partition coefficient (Wildman–Crippen LogP) is 5.26. The Morgan fingerprint density at radius 1 is 0.962 bits per heavy atom. The van der Waals surface area contributed by atoms with Crippen molar-refractivity contribution in [2.75, 3.05) is 5.32 Å². The molecule has 1 amide bonds. The number of anilines is 1. The van der Waals surface area contributed by atoms with Gasteiger partial charge >= 0.3 is 6.18 Å². The Labute approximate surface area is 148 Å². The van der Waals surface area contributed by atoms with Gasteiger partial charge in [0.1, 0.15) is 5.75 Å². The molecular formula is C20H16F3NO2. The van der Waals surface area contributed by atoms with Crippen molar-refractivity contribution in [1.82, 2.24) is 0 Å². The lowest BCUT2D eigenvalue weighted by molar-refractivity contribution is -0.137. The van der Waals surface area contributed by atoms with Crippen molar-refractivity contribution in [2.45, 2.75) is 19.2 Å². The van der Waals surface area contributed by atoms with Crippen LogP contribution in [0.25, 0.3) is 10.8 Å². The molecule has 0 radical (unpaired) electrons. The maximum Gasteiger partial charge on any atom is 0.416 e. The summed E-state index contributed by atoms with van der Waals surface area (Å²) in [6.07, 6.45) is -5.33. The number of hydrogen-bond acceptors (Lipinski definition) is 2. The van der Waals surface area contributed by atoms with Crippen molar-refractivity contribution < 1.29 is 22.7 Å². The number of amides is 1. The number of alkyl halides is 3. The second-order valence-corrected chi connectivity index (χ2v) is 5.84. The molecule has 26 heavy (non-hydrogen) atoms. The number of ether oxygens (including phenoxy) is 1. The average Bonchev–Trinajstić information content (AvgIpc) is 2.61. The lowest BCUT2D eigenvalue weighted by Crippen LogP contribution is -2.30. The minimum atomic E-state index is -4.46. The summed E-state index contributed by atoms with van der Waals surface area (Å²) in [5.41, 5.74) is -0.753. The van der Waals surface area contributed by atoms with E-state index >= 15 is 0 Å². The number of carbonyl (C=O) groups excluding carboxylic acids is 1. The number of rotatable bonds is 4. The highest BCUT2D eigenvalue weighted by molar-refractivity contribution is 5.94. The first-order chi connectivity index (χ1) is 12.3. The van der Waals surface area contributed by atoms with E-state index in [9.17, 15) is 18.0 Å². The summed E-state index contributed by atoms with van der Waals surface area (Å²) in [5, 5.41) is 4.46. The third-order valence-corrected chi connectivity index (χ3v) is 3.86. The van der Waals surface area contributed by atoms with Crippen LogP contribution >= 0.6 is 0 Å². The largest absolute Gasteiger partial charge is 0.481 e. The minimum Gasteiger partial charge on any atom is -0.481 e. The van der Waals surface area contributed by atoms with Crippen LogP contribution in [0.3, 0.4) is 0 Å². The Morgan fingerprint density at radius 2 is 1.69 bits per heavy atom. The molecule has 0 fully saturated rings. The summed E-state index contributed by atoms with van der Waals surface area (Å²) in [4.78, 5) is 12.2. The smallest absolute Gasteiger partial charge is 0.416 e. The fourth-order valence-electron chi connectivity index (χ4n) is 2.52. The molecule has 0 spiro atoms. The van der Waals surface area contributed by atoms with Gasteiger partial charge in [0.2, 0.25) is 0 Å². The number of carbonyl (C=O) groups is 1. The predicted molar refractivity (Wildman–Crippen MR) is 94.1 cm³/mol. The molecule has 3 aromatic carbocycles. The molecule has 6 heteroatoms. The maximum atomic E-state index is 12.7. The molecule has 0 heterocycles. The molecule has 3 aromatic rings. The molecular weight excluding hydrogens is 343 g/mol. The molecule has 134 valence electrons. The molecule has 0 aliphatic carbocycles. The Balaban J connectivity index is 1.69. The van der Waals surface area contributed by atoms with E-state index in [0.717, 1.165) is 22.9 Å². The summed E-state index contributed by atoms with van der Waals surface area (Å²) in [7, 11) is 0. The van der Waals surface area contributed by atoms with E-state index in [1.54, 1.807) is 6.07 Å². The topological polar surface area (TPSA) is 38.3 Å². The zero-order valence-corrected chi connectivity index (χ0v) is 13.9. The van der Waals surface area contributed by atoms with Crippen molar-refractivity contribution in [3.63, 3.8) is 0 Å². The van der Waals surface area contributed by atoms with E-state index in [1.165, 1.54) is 19.1 Å². The molecule has 0 aliphatic heterocycles. The first kappa shape index (κ1) is 17.8. The van der Waals surface area contributed by atoms with Crippen molar-refractivity contribution in [3.05, 3.63) is 72.3 Å². The summed E-state index contributed by atoms with van der Waals surface area (Å²) in [6.45, 7) is 1.54. The van der Waals surface area contributed by atoms with Gasteiger partial charge in [0.15, 0.2) is 6.10 Å². The molecule has 3 rings (SSSR count). The Hall–Kier alpha value is -3.02. The molecule has 1 atom stereocenters. The summed E-state index contributed by atoms with van der Waals surface area (Å²) < 4.78 is 43.8. The maximum absolute atomic E-state index is 12.7. The van der Waals surface area contributed by atoms with Crippen LogP contribution in [0.2, 0.25) is 0 Å². The van der Waals surface area contributed by atoms with Gasteiger partial charge in [0.05, 0.1) is 5.56 Å². The summed E-state index contributed by atoms with van der Waals surface area (Å²) >= 11 is 0. The highest BCUT2D eigenvalue weighted by atomic mass is 19.4. The minimum absolute atomic E-state index is 0.0683. The van der Waals surface area contributed by atoms with Crippen LogP contribution in [0.15, 0.2) is 66.7 Å². The number of hydrogen-bond donors (Lipinski definition) is 1. The van der Waals surface area contributed by atoms with Crippen LogP contribution in [0.5, 0.6) is 5.75 Å². The second-order valence-electron chi connectivity index (χ2n) is 5.84. The van der Waals surface area contributed by atoms with Gasteiger partial charge in [-0.05, 0) is 48.0 Å². The van der Waals surface area contributed by atoms with Crippen LogP contribution < -0.4 is 10.1 Å². The second kappa shape index (κ2) is 7.07. The highest BCUT2D eigenvalue weighted by Gasteiger charge is 2.30. The van der Waals surface area contributed by atoms with E-state index in [0.29, 0.717) is 5.75 Å². The Kier molecular flexibility index (Phi) is 4.84. The third-order valence-electron chi connectivity index (χ3n) is 3.86. The number of fused-ring (bicyclic) bond motifs is 1. The van der Waals surface area contributed by atoms with Crippen molar-refractivity contribution in [2.24, 2.45) is 0 Å². The number of nitrogens with one attached hydrogen (secondary N) is 1. The molecule has 0 aromatic heterocycles. The average molecular weight is 359 g/mol. The fraction of sp³-hybridized carbons (Fsp3) is 0.150. The molecule has 0 unspecified atom stereocenters. The lowest BCUT2D eigenvalue weighted by atomic mass is 10.1. The van der Waals surface area contributed by atoms with Crippen LogP contribution in [-0.4, -0.2) is 12.0 Å². The quantitative estimate of drug-likeness (QED) is 0.690. The van der Waals surface area contributed by atoms with E-state index < -0.39 is 23.8 Å². The van der Waals surface area contributed by atoms with Gasteiger partial charge in [-0.1, -0.05) is 36.4 Å². The Morgan fingerprint density at radius 3 is 2.42 bits per heavy atom. The van der Waals surface area contributed by atoms with Crippen molar-refractivity contribution in [1.29, 1.82) is 0 Å². The monoisotopic (exact) mass is 359 g/mol. The van der Waals surface area contributed by atoms with Crippen LogP contribution in [0, 0.1) is 0 Å². The zero-order valence-electron chi connectivity index (χ0n) is 13.9. The van der Waals surface area contributed by atoms with Gasteiger partial charge in [0.25, 0.3) is 5.91 Å². The molecule has 0 saturated heterocycles. The number of benzene rings is 3. The van der Waals surface area contributed by atoms with Crippen molar-refractivity contribution in [3.8, 4) is 5.75 Å². The molecule has 1 N–H and O–H groups in total. The first-order valence-electron chi connectivity index (χ1n) is 7.96. The van der Waals surface area contributed by atoms with Crippen LogP contribution in [0.1, 0.15) is 12.5 Å². The third kappa shape index (κ3) is 4.14. The van der Waals surface area contributed by atoms with E-state index in [-0.39, 0.29) is 5.69 Å². The van der Waals surface area contributed by atoms with Gasteiger partial charge in [-0.15, -0.1) is 0 Å². The van der Waals surface area contributed by atoms with Gasteiger partial charge in [-0.2, -0.15) is 13.2 Å². The van der Waals surface area contributed by atoms with Gasteiger partial charge < -0.3 is 10.1 Å². The highest BCUT2D eigenvalue weighted by Crippen LogP contribution is 2.30. The molecule has 0 aliphatic rings. The van der Waals surface area contributed by atoms with Gasteiger partial charge in [0, 0.05) is 5.69 Å². The standard InChI is InChI=1S/C20H16F3NO2/c1-13(26-18-10-9-14-5-2-3-6-15(14)11-18)19(25)24-17-8-4-7-16(12-17)20(21,22)23/h2-13H,1H3,(H,24,25)/t13-/m0/s1. The molecule has 0 saturated carbocycles. The number of halogens is 3. The SMILES string of the molecule is C[C@H](Oc1ccc2ccccc2c1)C(=O)Nc1cccc(C(F)(F)F)c1. The van der Waals surface area contributed by atoms with Gasteiger partial charge in [-0.3, -0.25) is 4.79 Å². The van der Waals surface area contributed by atoms with Gasteiger partial charge in [-0.25, -0.2) is 0 Å². The Bertz CT molecular complexity index is 937. The zero-order chi connectivity index (χ0) is 18.7. The normalized spacial score (nSPS) is 12.6. The summed E-state index contributed by atoms with van der Waals surface area (Å²) in [5.74, 6) is -0.0205. The van der Waals surface area contributed by atoms with E-state index in [2.05, 4.69) is 5.32 Å². The van der Waals surface area contributed by atoms with E-state index in [1.807, 2.05) is 36.4 Å². The van der Waals surface area contributed by atoms with Crippen molar-refractivity contribution >= 4 is 22.4 Å².